The molecule has 180 valence electrons. The number of benzene rings is 2. The van der Waals surface area contributed by atoms with Gasteiger partial charge >= 0.3 is 5.97 Å². The molecule has 0 saturated carbocycles. The van der Waals surface area contributed by atoms with Crippen molar-refractivity contribution < 1.29 is 17.9 Å². The maximum absolute atomic E-state index is 13.1. The van der Waals surface area contributed by atoms with Crippen LogP contribution in [0.4, 0.5) is 22.3 Å². The predicted molar refractivity (Wildman–Crippen MR) is 135 cm³/mol. The topological polar surface area (TPSA) is 140 Å². The van der Waals surface area contributed by atoms with E-state index in [0.717, 1.165) is 10.9 Å². The number of para-hydroxylation sites is 2. The number of ether oxygens (including phenoxy) is 1. The fourth-order valence-corrected chi connectivity index (χ4v) is 5.26. The van der Waals surface area contributed by atoms with E-state index in [1.54, 1.807) is 37.3 Å². The third kappa shape index (κ3) is 5.28. The summed E-state index contributed by atoms with van der Waals surface area (Å²) in [6, 6.07) is 14.0. The van der Waals surface area contributed by atoms with Gasteiger partial charge in [0.05, 0.1) is 28.1 Å². The highest BCUT2D eigenvalue weighted by Crippen LogP contribution is 2.34. The van der Waals surface area contributed by atoms with E-state index in [9.17, 15) is 18.1 Å². The molecule has 0 amide bonds. The van der Waals surface area contributed by atoms with Gasteiger partial charge in [0.15, 0.2) is 11.6 Å². The summed E-state index contributed by atoms with van der Waals surface area (Å²) in [6.07, 6.45) is 0.697. The molecule has 4 aromatic rings. The van der Waals surface area contributed by atoms with Crippen LogP contribution in [0.3, 0.4) is 0 Å². The van der Waals surface area contributed by atoms with Crippen molar-refractivity contribution in [1.82, 2.24) is 9.97 Å². The zero-order valence-electron chi connectivity index (χ0n) is 18.8. The Morgan fingerprint density at radius 3 is 2.40 bits per heavy atom. The summed E-state index contributed by atoms with van der Waals surface area (Å²) < 4.78 is 33.8. The van der Waals surface area contributed by atoms with Crippen molar-refractivity contribution in [2.45, 2.75) is 25.2 Å². The Bertz CT molecular complexity index is 1520. The van der Waals surface area contributed by atoms with Crippen molar-refractivity contribution in [2.24, 2.45) is 5.18 Å². The number of thiophene rings is 1. The van der Waals surface area contributed by atoms with E-state index >= 15 is 0 Å². The highest BCUT2D eigenvalue weighted by Gasteiger charge is 2.22. The second-order valence-corrected chi connectivity index (χ2v) is 10.1. The normalized spacial score (nSPS) is 11.3. The number of aromatic nitrogens is 2. The van der Waals surface area contributed by atoms with E-state index in [4.69, 9.17) is 4.74 Å². The Morgan fingerprint density at radius 2 is 1.74 bits per heavy atom. The number of nitrogens with zero attached hydrogens (tertiary/aromatic N) is 3. The molecule has 0 atom stereocenters. The number of carbonyl (C=O) groups excluding carboxylic acids is 1. The molecule has 35 heavy (non-hydrogen) atoms. The molecule has 0 unspecified atom stereocenters. The van der Waals surface area contributed by atoms with Crippen LogP contribution >= 0.6 is 11.3 Å². The minimum absolute atomic E-state index is 0.0272. The van der Waals surface area contributed by atoms with Gasteiger partial charge in [-0.3, -0.25) is 4.72 Å². The molecule has 0 spiro atoms. The Labute approximate surface area is 205 Å². The van der Waals surface area contributed by atoms with Crippen LogP contribution in [-0.4, -0.2) is 31.0 Å². The van der Waals surface area contributed by atoms with Crippen molar-refractivity contribution >= 4 is 60.7 Å². The summed E-state index contributed by atoms with van der Waals surface area (Å²) in [5.74, 6) is -0.471. The Hall–Kier alpha value is -3.90. The smallest absolute Gasteiger partial charge is 0.341 e. The summed E-state index contributed by atoms with van der Waals surface area (Å²) in [5.41, 5.74) is 1.28. The van der Waals surface area contributed by atoms with Crippen LogP contribution in [0.1, 0.15) is 29.1 Å². The van der Waals surface area contributed by atoms with Gasteiger partial charge in [-0.2, -0.15) is 0 Å². The first-order valence-electron chi connectivity index (χ1n) is 10.6. The fraction of sp³-hybridized carbons (Fsp3) is 0.174. The quantitative estimate of drug-likeness (QED) is 0.226. The first-order valence-corrected chi connectivity index (χ1v) is 12.9. The molecule has 2 heterocycles. The lowest BCUT2D eigenvalue weighted by Crippen LogP contribution is -2.16. The number of anilines is 3. The number of rotatable bonds is 9. The Balaban J connectivity index is 1.80. The van der Waals surface area contributed by atoms with Gasteiger partial charge in [-0.25, -0.2) is 23.2 Å². The molecule has 12 heteroatoms. The second kappa shape index (κ2) is 10.2. The maximum Gasteiger partial charge on any atom is 0.341 e. The van der Waals surface area contributed by atoms with E-state index in [1.807, 2.05) is 6.92 Å². The summed E-state index contributed by atoms with van der Waals surface area (Å²) in [5, 5.41) is 6.32. The molecule has 0 fully saturated rings. The lowest BCUT2D eigenvalue weighted by molar-refractivity contribution is 0.0528. The lowest BCUT2D eigenvalue weighted by Gasteiger charge is -2.14. The van der Waals surface area contributed by atoms with Crippen molar-refractivity contribution in [3.8, 4) is 0 Å². The molecule has 0 aliphatic carbocycles. The molecule has 0 bridgehead atoms. The standard InChI is InChI=1S/C23H21N5O5S2/c1-3-15-13-17(23(29)33-4-2)22(34-15)26-20-21(25-19-11-6-5-10-18(19)24-20)28-35(31,32)16-9-7-8-14(12-16)27-30/h5-13H,3-4H2,1-2H3,(H,24,26)(H,25,28). The highest BCUT2D eigenvalue weighted by atomic mass is 32.2. The molecule has 0 aliphatic rings. The van der Waals surface area contributed by atoms with E-state index in [1.165, 1.54) is 29.5 Å². The summed E-state index contributed by atoms with van der Waals surface area (Å²) in [4.78, 5) is 33.2. The van der Waals surface area contributed by atoms with Crippen molar-refractivity contribution in [3.05, 3.63) is 69.9 Å². The van der Waals surface area contributed by atoms with E-state index < -0.39 is 16.0 Å². The lowest BCUT2D eigenvalue weighted by atomic mass is 10.2. The Morgan fingerprint density at radius 1 is 1.03 bits per heavy atom. The number of esters is 1. The van der Waals surface area contributed by atoms with Gasteiger partial charge in [0, 0.05) is 4.88 Å². The van der Waals surface area contributed by atoms with Crippen LogP contribution in [-0.2, 0) is 21.2 Å². The molecule has 0 radical (unpaired) electrons. The first-order chi connectivity index (χ1) is 16.8. The second-order valence-electron chi connectivity index (χ2n) is 7.26. The maximum atomic E-state index is 13.1. The third-order valence-electron chi connectivity index (χ3n) is 4.89. The number of sulfonamides is 1. The third-order valence-corrected chi connectivity index (χ3v) is 7.43. The average molecular weight is 512 g/mol. The van der Waals surface area contributed by atoms with Gasteiger partial charge in [-0.15, -0.1) is 16.2 Å². The number of nitroso groups, excluding NO2 is 1. The van der Waals surface area contributed by atoms with Gasteiger partial charge in [-0.05, 0) is 54.9 Å². The summed E-state index contributed by atoms with van der Waals surface area (Å²) in [6.45, 7) is 3.89. The van der Waals surface area contributed by atoms with Gasteiger partial charge in [0.2, 0.25) is 0 Å². The van der Waals surface area contributed by atoms with E-state index in [0.29, 0.717) is 28.0 Å². The molecule has 2 aromatic heterocycles. The number of nitrogens with one attached hydrogen (secondary N) is 2. The van der Waals surface area contributed by atoms with Crippen molar-refractivity contribution in [1.29, 1.82) is 0 Å². The van der Waals surface area contributed by atoms with Crippen LogP contribution in [0, 0.1) is 4.91 Å². The van der Waals surface area contributed by atoms with Crippen LogP contribution in [0.5, 0.6) is 0 Å². The van der Waals surface area contributed by atoms with Gasteiger partial charge in [0.1, 0.15) is 10.7 Å². The van der Waals surface area contributed by atoms with Crippen LogP contribution in [0.15, 0.2) is 64.7 Å². The monoisotopic (exact) mass is 511 g/mol. The zero-order chi connectivity index (χ0) is 25.0. The molecule has 0 saturated heterocycles. The van der Waals surface area contributed by atoms with E-state index in [2.05, 4.69) is 25.2 Å². The van der Waals surface area contributed by atoms with Gasteiger partial charge < -0.3 is 10.1 Å². The molecule has 4 rings (SSSR count). The highest BCUT2D eigenvalue weighted by molar-refractivity contribution is 7.92. The van der Waals surface area contributed by atoms with Gasteiger partial charge in [-0.1, -0.05) is 25.1 Å². The van der Waals surface area contributed by atoms with Crippen molar-refractivity contribution in [3.63, 3.8) is 0 Å². The molecule has 0 aliphatic heterocycles. The number of hydrogen-bond acceptors (Lipinski definition) is 10. The molecule has 2 N–H and O–H groups in total. The van der Waals surface area contributed by atoms with Crippen LogP contribution in [0.2, 0.25) is 0 Å². The molecular formula is C23H21N5O5S2. The number of hydrogen-bond donors (Lipinski definition) is 2. The summed E-state index contributed by atoms with van der Waals surface area (Å²) >= 11 is 1.34. The number of carbonyl (C=O) groups is 1. The minimum Gasteiger partial charge on any atom is -0.462 e. The molecule has 10 nitrogen and oxygen atoms in total. The predicted octanol–water partition coefficient (Wildman–Crippen LogP) is 5.37. The molecule has 2 aromatic carbocycles. The largest absolute Gasteiger partial charge is 0.462 e. The van der Waals surface area contributed by atoms with Crippen LogP contribution in [0.25, 0.3) is 11.0 Å². The number of fused-ring (bicyclic) bond motifs is 1. The Kier molecular flexibility index (Phi) is 7.03. The van der Waals surface area contributed by atoms with Crippen molar-refractivity contribution in [2.75, 3.05) is 16.6 Å². The van der Waals surface area contributed by atoms with E-state index in [-0.39, 0.29) is 28.8 Å². The first kappa shape index (κ1) is 24.2. The zero-order valence-corrected chi connectivity index (χ0v) is 20.4. The SMILES string of the molecule is CCOC(=O)c1cc(CC)sc1Nc1nc2ccccc2nc1NS(=O)(=O)c1cccc(N=O)c1. The minimum atomic E-state index is -4.14. The summed E-state index contributed by atoms with van der Waals surface area (Å²) in [7, 11) is -4.14. The molecular weight excluding hydrogens is 490 g/mol. The fourth-order valence-electron chi connectivity index (χ4n) is 3.23. The number of aryl methyl sites for hydroxylation is 1. The van der Waals surface area contributed by atoms with Crippen LogP contribution < -0.4 is 10.0 Å². The average Bonchev–Trinajstić information content (AvgIpc) is 3.27. The van der Waals surface area contributed by atoms with Gasteiger partial charge in [0.25, 0.3) is 10.0 Å².